The number of hydrogen-bond acceptors (Lipinski definition) is 7. The molecule has 3 aromatic rings. The van der Waals surface area contributed by atoms with E-state index in [4.69, 9.17) is 13.9 Å². The second-order valence-corrected chi connectivity index (χ2v) is 7.27. The third kappa shape index (κ3) is 3.41. The first kappa shape index (κ1) is 17.7. The molecule has 4 heterocycles. The lowest BCUT2D eigenvalue weighted by Gasteiger charge is -2.30. The van der Waals surface area contributed by atoms with Crippen LogP contribution in [-0.4, -0.2) is 45.9 Å². The van der Waals surface area contributed by atoms with Crippen molar-refractivity contribution in [3.63, 3.8) is 0 Å². The molecular formula is C21H20N4O4. The molecule has 0 atom stereocenters. The van der Waals surface area contributed by atoms with E-state index in [1.165, 1.54) is 0 Å². The molecule has 0 spiro atoms. The highest BCUT2D eigenvalue weighted by molar-refractivity contribution is 5.95. The zero-order valence-corrected chi connectivity index (χ0v) is 16.0. The van der Waals surface area contributed by atoms with Gasteiger partial charge in [-0.15, -0.1) is 10.2 Å². The lowest BCUT2D eigenvalue weighted by atomic mass is 9.96. The highest BCUT2D eigenvalue weighted by atomic mass is 16.7. The van der Waals surface area contributed by atoms with Gasteiger partial charge in [0.25, 0.3) is 5.91 Å². The molecule has 8 heteroatoms. The summed E-state index contributed by atoms with van der Waals surface area (Å²) >= 11 is 0. The van der Waals surface area contributed by atoms with Crippen LogP contribution in [0.3, 0.4) is 0 Å². The van der Waals surface area contributed by atoms with Gasteiger partial charge in [0.15, 0.2) is 11.5 Å². The van der Waals surface area contributed by atoms with Crippen molar-refractivity contribution >= 4 is 5.91 Å². The van der Waals surface area contributed by atoms with Crippen LogP contribution in [0.5, 0.6) is 11.5 Å². The second-order valence-electron chi connectivity index (χ2n) is 7.27. The summed E-state index contributed by atoms with van der Waals surface area (Å²) in [4.78, 5) is 19.0. The Balaban J connectivity index is 1.24. The van der Waals surface area contributed by atoms with Crippen LogP contribution in [0.15, 0.2) is 40.9 Å². The van der Waals surface area contributed by atoms with Crippen LogP contribution in [0, 0.1) is 6.92 Å². The molecule has 2 aliphatic rings. The van der Waals surface area contributed by atoms with E-state index in [0.29, 0.717) is 41.9 Å². The molecule has 148 valence electrons. The van der Waals surface area contributed by atoms with Crippen molar-refractivity contribution in [3.8, 4) is 23.0 Å². The topological polar surface area (TPSA) is 90.6 Å². The summed E-state index contributed by atoms with van der Waals surface area (Å²) in [6.45, 7) is 3.41. The molecule has 1 aromatic carbocycles. The number of benzene rings is 1. The zero-order chi connectivity index (χ0) is 19.8. The monoisotopic (exact) mass is 392 g/mol. The number of carbonyl (C=O) groups excluding carboxylic acids is 1. The van der Waals surface area contributed by atoms with Crippen molar-refractivity contribution in [1.82, 2.24) is 20.1 Å². The minimum atomic E-state index is -0.00121. The predicted octanol–water partition coefficient (Wildman–Crippen LogP) is 3.19. The first-order valence-corrected chi connectivity index (χ1v) is 9.63. The van der Waals surface area contributed by atoms with Gasteiger partial charge in [0, 0.05) is 36.5 Å². The third-order valence-corrected chi connectivity index (χ3v) is 5.35. The fourth-order valence-corrected chi connectivity index (χ4v) is 3.65. The number of aromatic nitrogens is 3. The standard InChI is InChI=1S/C21H20N4O4/c1-13-2-3-16(11-22-13)20-24-23-19(29-20)14-6-8-25(9-7-14)21(26)15-4-5-17-18(10-15)28-12-27-17/h2-5,10-11,14H,6-9,12H2,1H3. The molecule has 2 aliphatic heterocycles. The zero-order valence-electron chi connectivity index (χ0n) is 16.0. The Kier molecular flexibility index (Phi) is 4.38. The number of hydrogen-bond donors (Lipinski definition) is 0. The number of fused-ring (bicyclic) bond motifs is 1. The SMILES string of the molecule is Cc1ccc(-c2nnc(C3CCN(C(=O)c4ccc5c(c4)OCO5)CC3)o2)cn1. The number of nitrogens with zero attached hydrogens (tertiary/aromatic N) is 4. The van der Waals surface area contributed by atoms with E-state index in [-0.39, 0.29) is 18.6 Å². The summed E-state index contributed by atoms with van der Waals surface area (Å²) in [5.74, 6) is 2.54. The third-order valence-electron chi connectivity index (χ3n) is 5.35. The molecule has 2 aromatic heterocycles. The van der Waals surface area contributed by atoms with Gasteiger partial charge >= 0.3 is 0 Å². The van der Waals surface area contributed by atoms with Crippen molar-refractivity contribution in [2.24, 2.45) is 0 Å². The smallest absolute Gasteiger partial charge is 0.253 e. The normalized spacial score (nSPS) is 16.2. The van der Waals surface area contributed by atoms with Gasteiger partial charge in [0.05, 0.1) is 5.56 Å². The molecule has 0 saturated carbocycles. The van der Waals surface area contributed by atoms with E-state index in [9.17, 15) is 4.79 Å². The Bertz CT molecular complexity index is 1040. The van der Waals surface area contributed by atoms with Gasteiger partial charge in [0.2, 0.25) is 18.6 Å². The average molecular weight is 392 g/mol. The Hall–Kier alpha value is -3.42. The number of ether oxygens (including phenoxy) is 2. The number of piperidine rings is 1. The summed E-state index contributed by atoms with van der Waals surface area (Å²) in [6, 6.07) is 9.15. The van der Waals surface area contributed by atoms with Gasteiger partial charge in [-0.3, -0.25) is 9.78 Å². The Labute approximate surface area is 167 Å². The van der Waals surface area contributed by atoms with Crippen LogP contribution in [0.1, 0.15) is 40.7 Å². The van der Waals surface area contributed by atoms with Gasteiger partial charge in [-0.05, 0) is 50.1 Å². The van der Waals surface area contributed by atoms with Crippen LogP contribution < -0.4 is 9.47 Å². The molecule has 0 N–H and O–H groups in total. The van der Waals surface area contributed by atoms with Gasteiger partial charge in [-0.2, -0.15) is 0 Å². The first-order chi connectivity index (χ1) is 14.2. The molecule has 0 aliphatic carbocycles. The summed E-state index contributed by atoms with van der Waals surface area (Å²) in [7, 11) is 0. The van der Waals surface area contributed by atoms with Crippen LogP contribution >= 0.6 is 0 Å². The number of likely N-dealkylation sites (tertiary alicyclic amines) is 1. The summed E-state index contributed by atoms with van der Waals surface area (Å²) in [5.41, 5.74) is 2.36. The molecule has 0 radical (unpaired) electrons. The molecule has 1 fully saturated rings. The fourth-order valence-electron chi connectivity index (χ4n) is 3.65. The van der Waals surface area contributed by atoms with E-state index in [2.05, 4.69) is 15.2 Å². The van der Waals surface area contributed by atoms with Gasteiger partial charge in [-0.25, -0.2) is 0 Å². The summed E-state index contributed by atoms with van der Waals surface area (Å²) in [6.07, 6.45) is 3.30. The Morgan fingerprint density at radius 1 is 1.07 bits per heavy atom. The van der Waals surface area contributed by atoms with E-state index in [1.807, 2.05) is 24.0 Å². The number of aryl methyl sites for hydroxylation is 1. The highest BCUT2D eigenvalue weighted by Gasteiger charge is 2.28. The van der Waals surface area contributed by atoms with Crippen molar-refractivity contribution in [3.05, 3.63) is 53.7 Å². The van der Waals surface area contributed by atoms with Crippen molar-refractivity contribution in [2.75, 3.05) is 19.9 Å². The van der Waals surface area contributed by atoms with Gasteiger partial charge in [-0.1, -0.05) is 0 Å². The average Bonchev–Trinajstić information content (AvgIpc) is 3.43. The molecular weight excluding hydrogens is 372 g/mol. The highest BCUT2D eigenvalue weighted by Crippen LogP contribution is 2.34. The number of carbonyl (C=O) groups is 1. The maximum Gasteiger partial charge on any atom is 0.253 e. The Morgan fingerprint density at radius 3 is 2.69 bits per heavy atom. The van der Waals surface area contributed by atoms with E-state index < -0.39 is 0 Å². The van der Waals surface area contributed by atoms with E-state index in [0.717, 1.165) is 24.1 Å². The summed E-state index contributed by atoms with van der Waals surface area (Å²) < 4.78 is 16.6. The molecule has 8 nitrogen and oxygen atoms in total. The van der Waals surface area contributed by atoms with Crippen molar-refractivity contribution in [2.45, 2.75) is 25.7 Å². The molecule has 1 saturated heterocycles. The number of pyridine rings is 1. The molecule has 0 unspecified atom stereocenters. The number of rotatable bonds is 3. The van der Waals surface area contributed by atoms with Gasteiger partial charge in [0.1, 0.15) is 0 Å². The molecule has 0 bridgehead atoms. The minimum absolute atomic E-state index is 0.00121. The van der Waals surface area contributed by atoms with Gasteiger partial charge < -0.3 is 18.8 Å². The molecule has 29 heavy (non-hydrogen) atoms. The predicted molar refractivity (Wildman–Crippen MR) is 103 cm³/mol. The van der Waals surface area contributed by atoms with Crippen LogP contribution in [0.4, 0.5) is 0 Å². The second kappa shape index (κ2) is 7.20. The Morgan fingerprint density at radius 2 is 1.90 bits per heavy atom. The summed E-state index contributed by atoms with van der Waals surface area (Å²) in [5, 5.41) is 8.39. The van der Waals surface area contributed by atoms with Crippen LogP contribution in [-0.2, 0) is 0 Å². The van der Waals surface area contributed by atoms with Crippen molar-refractivity contribution in [1.29, 1.82) is 0 Å². The van der Waals surface area contributed by atoms with E-state index >= 15 is 0 Å². The molecule has 5 rings (SSSR count). The maximum absolute atomic E-state index is 12.8. The maximum atomic E-state index is 12.8. The largest absolute Gasteiger partial charge is 0.454 e. The lowest BCUT2D eigenvalue weighted by Crippen LogP contribution is -2.38. The minimum Gasteiger partial charge on any atom is -0.454 e. The first-order valence-electron chi connectivity index (χ1n) is 9.63. The fraction of sp³-hybridized carbons (Fsp3) is 0.333. The lowest BCUT2D eigenvalue weighted by molar-refractivity contribution is 0.0706. The van der Waals surface area contributed by atoms with Crippen LogP contribution in [0.25, 0.3) is 11.5 Å². The van der Waals surface area contributed by atoms with Crippen LogP contribution in [0.2, 0.25) is 0 Å². The molecule has 1 amide bonds. The van der Waals surface area contributed by atoms with E-state index in [1.54, 1.807) is 24.4 Å². The number of amides is 1. The van der Waals surface area contributed by atoms with Crippen molar-refractivity contribution < 1.29 is 18.7 Å². The quantitative estimate of drug-likeness (QED) is 0.676.